The van der Waals surface area contributed by atoms with Gasteiger partial charge >= 0.3 is 5.97 Å². The Morgan fingerprint density at radius 2 is 2.06 bits per heavy atom. The predicted molar refractivity (Wildman–Crippen MR) is 59.5 cm³/mol. The number of ether oxygens (including phenoxy) is 1. The summed E-state index contributed by atoms with van der Waals surface area (Å²) in [6, 6.07) is 6.79. The second-order valence-corrected chi connectivity index (χ2v) is 3.59. The van der Waals surface area contributed by atoms with E-state index in [0.29, 0.717) is 11.3 Å². The molecule has 0 aliphatic carbocycles. The Hall–Kier alpha value is -2.17. The molecule has 1 atom stereocenters. The first-order valence-electron chi connectivity index (χ1n) is 5.26. The number of ketones is 1. The Kier molecular flexibility index (Phi) is 2.91. The average molecular weight is 233 g/mol. The SMILES string of the molecule is CCOC(=O)C(=O)[C@H]1C(=O)Nc2ccccc21. The minimum atomic E-state index is -1.08. The Morgan fingerprint density at radius 3 is 2.76 bits per heavy atom. The maximum absolute atomic E-state index is 11.8. The summed E-state index contributed by atoms with van der Waals surface area (Å²) in [4.78, 5) is 34.7. The number of fused-ring (bicyclic) bond motifs is 1. The zero-order valence-corrected chi connectivity index (χ0v) is 9.23. The van der Waals surface area contributed by atoms with E-state index in [-0.39, 0.29) is 6.61 Å². The molecule has 1 aliphatic heterocycles. The lowest BCUT2D eigenvalue weighted by atomic mass is 9.96. The molecule has 0 fully saturated rings. The quantitative estimate of drug-likeness (QED) is 0.477. The lowest BCUT2D eigenvalue weighted by molar-refractivity contribution is -0.155. The van der Waals surface area contributed by atoms with Crippen molar-refractivity contribution in [3.05, 3.63) is 29.8 Å². The van der Waals surface area contributed by atoms with Crippen LogP contribution in [0.1, 0.15) is 18.4 Å². The van der Waals surface area contributed by atoms with Crippen LogP contribution >= 0.6 is 0 Å². The van der Waals surface area contributed by atoms with E-state index in [4.69, 9.17) is 0 Å². The van der Waals surface area contributed by atoms with Gasteiger partial charge < -0.3 is 10.1 Å². The highest BCUT2D eigenvalue weighted by atomic mass is 16.5. The molecular weight excluding hydrogens is 222 g/mol. The first kappa shape index (κ1) is 11.3. The number of anilines is 1. The van der Waals surface area contributed by atoms with E-state index >= 15 is 0 Å². The molecule has 1 heterocycles. The number of benzene rings is 1. The number of amides is 1. The number of carbonyl (C=O) groups excluding carboxylic acids is 3. The average Bonchev–Trinajstić information content (AvgIpc) is 2.64. The fraction of sp³-hybridized carbons (Fsp3) is 0.250. The van der Waals surface area contributed by atoms with E-state index in [9.17, 15) is 14.4 Å². The summed E-state index contributed by atoms with van der Waals surface area (Å²) in [6.07, 6.45) is 0. The number of carbonyl (C=O) groups is 3. The molecule has 0 unspecified atom stereocenters. The molecule has 0 spiro atoms. The third kappa shape index (κ3) is 1.91. The molecule has 1 aromatic carbocycles. The van der Waals surface area contributed by atoms with Crippen LogP contribution in [-0.2, 0) is 19.1 Å². The van der Waals surface area contributed by atoms with Crippen molar-refractivity contribution in [3.8, 4) is 0 Å². The van der Waals surface area contributed by atoms with Crippen LogP contribution < -0.4 is 5.32 Å². The summed E-state index contributed by atoms with van der Waals surface area (Å²) >= 11 is 0. The number of nitrogens with one attached hydrogen (secondary N) is 1. The second kappa shape index (κ2) is 4.37. The van der Waals surface area contributed by atoms with Crippen molar-refractivity contribution in [2.75, 3.05) is 11.9 Å². The standard InChI is InChI=1S/C12H11NO4/c1-2-17-12(16)10(14)9-7-5-3-4-6-8(7)13-11(9)15/h3-6,9H,2H2,1H3,(H,13,15)/t9-/m0/s1. The Labute approximate surface area is 97.8 Å². The van der Waals surface area contributed by atoms with E-state index in [1.165, 1.54) is 0 Å². The van der Waals surface area contributed by atoms with Gasteiger partial charge in [0.25, 0.3) is 5.78 Å². The molecule has 1 amide bonds. The van der Waals surface area contributed by atoms with Gasteiger partial charge in [0.2, 0.25) is 5.91 Å². The van der Waals surface area contributed by atoms with Crippen molar-refractivity contribution in [2.45, 2.75) is 12.8 Å². The number of hydrogen-bond acceptors (Lipinski definition) is 4. The second-order valence-electron chi connectivity index (χ2n) is 3.59. The maximum atomic E-state index is 11.8. The predicted octanol–water partition coefficient (Wildman–Crippen LogP) is 0.854. The molecule has 88 valence electrons. The molecule has 17 heavy (non-hydrogen) atoms. The summed E-state index contributed by atoms with van der Waals surface area (Å²) in [5.74, 6) is -3.35. The van der Waals surface area contributed by atoms with Gasteiger partial charge in [-0.15, -0.1) is 0 Å². The van der Waals surface area contributed by atoms with Crippen molar-refractivity contribution in [1.29, 1.82) is 0 Å². The molecular formula is C12H11NO4. The molecule has 0 bridgehead atoms. The minimum absolute atomic E-state index is 0.112. The molecule has 1 aliphatic rings. The normalized spacial score (nSPS) is 17.2. The monoisotopic (exact) mass is 233 g/mol. The van der Waals surface area contributed by atoms with Crippen molar-refractivity contribution in [1.82, 2.24) is 0 Å². The number of para-hydroxylation sites is 1. The lowest BCUT2D eigenvalue weighted by Crippen LogP contribution is -2.29. The zero-order chi connectivity index (χ0) is 12.4. The Balaban J connectivity index is 2.30. The molecule has 0 radical (unpaired) electrons. The smallest absolute Gasteiger partial charge is 0.375 e. The van der Waals surface area contributed by atoms with Crippen LogP contribution in [0.3, 0.4) is 0 Å². The third-order valence-electron chi connectivity index (χ3n) is 2.53. The van der Waals surface area contributed by atoms with Gasteiger partial charge in [-0.1, -0.05) is 18.2 Å². The summed E-state index contributed by atoms with van der Waals surface area (Å²) in [5.41, 5.74) is 1.09. The Morgan fingerprint density at radius 1 is 1.35 bits per heavy atom. The van der Waals surface area contributed by atoms with Gasteiger partial charge in [0.15, 0.2) is 0 Å². The number of rotatable bonds is 3. The van der Waals surface area contributed by atoms with Gasteiger partial charge in [-0.3, -0.25) is 9.59 Å². The molecule has 1 N–H and O–H groups in total. The summed E-state index contributed by atoms with van der Waals surface area (Å²) in [5, 5.41) is 2.56. The molecule has 5 heteroatoms. The first-order chi connectivity index (χ1) is 8.15. The van der Waals surface area contributed by atoms with Crippen molar-refractivity contribution < 1.29 is 19.1 Å². The van der Waals surface area contributed by atoms with Crippen molar-refractivity contribution in [3.63, 3.8) is 0 Å². The van der Waals surface area contributed by atoms with Crippen LogP contribution in [0.25, 0.3) is 0 Å². The van der Waals surface area contributed by atoms with E-state index in [0.717, 1.165) is 0 Å². The first-order valence-corrected chi connectivity index (χ1v) is 5.26. The molecule has 0 saturated carbocycles. The number of hydrogen-bond donors (Lipinski definition) is 1. The van der Waals surface area contributed by atoms with Crippen LogP contribution in [0.2, 0.25) is 0 Å². The van der Waals surface area contributed by atoms with E-state index in [2.05, 4.69) is 10.1 Å². The zero-order valence-electron chi connectivity index (χ0n) is 9.23. The van der Waals surface area contributed by atoms with Gasteiger partial charge in [0, 0.05) is 5.69 Å². The molecule has 1 aromatic rings. The minimum Gasteiger partial charge on any atom is -0.460 e. The van der Waals surface area contributed by atoms with Gasteiger partial charge in [-0.25, -0.2) is 4.79 Å². The summed E-state index contributed by atoms with van der Waals surface area (Å²) in [6.45, 7) is 1.72. The molecule has 2 rings (SSSR count). The van der Waals surface area contributed by atoms with E-state index in [1.807, 2.05) is 0 Å². The fourth-order valence-electron chi connectivity index (χ4n) is 1.79. The van der Waals surface area contributed by atoms with E-state index < -0.39 is 23.6 Å². The van der Waals surface area contributed by atoms with Gasteiger partial charge in [0.05, 0.1) is 6.61 Å². The van der Waals surface area contributed by atoms with Gasteiger partial charge in [-0.2, -0.15) is 0 Å². The Bertz CT molecular complexity index is 495. The number of Topliss-reactive ketones (excluding diaryl/α,β-unsaturated/α-hetero) is 1. The van der Waals surface area contributed by atoms with Crippen LogP contribution in [-0.4, -0.2) is 24.3 Å². The van der Waals surface area contributed by atoms with Gasteiger partial charge in [-0.05, 0) is 18.6 Å². The lowest BCUT2D eigenvalue weighted by Gasteiger charge is -2.06. The summed E-state index contributed by atoms with van der Waals surface area (Å²) < 4.78 is 4.61. The maximum Gasteiger partial charge on any atom is 0.375 e. The van der Waals surface area contributed by atoms with Crippen molar-refractivity contribution >= 4 is 23.3 Å². The molecule has 0 aromatic heterocycles. The molecule has 0 saturated heterocycles. The van der Waals surface area contributed by atoms with Crippen LogP contribution in [0.4, 0.5) is 5.69 Å². The number of esters is 1. The molecule has 5 nitrogen and oxygen atoms in total. The largest absolute Gasteiger partial charge is 0.460 e. The van der Waals surface area contributed by atoms with Crippen LogP contribution in [0, 0.1) is 0 Å². The topological polar surface area (TPSA) is 72.5 Å². The van der Waals surface area contributed by atoms with Crippen molar-refractivity contribution in [2.24, 2.45) is 0 Å². The van der Waals surface area contributed by atoms with Crippen LogP contribution in [0.15, 0.2) is 24.3 Å². The van der Waals surface area contributed by atoms with E-state index in [1.54, 1.807) is 31.2 Å². The van der Waals surface area contributed by atoms with Gasteiger partial charge in [0.1, 0.15) is 5.92 Å². The highest BCUT2D eigenvalue weighted by molar-refractivity contribution is 6.42. The highest BCUT2D eigenvalue weighted by Crippen LogP contribution is 2.32. The third-order valence-corrected chi connectivity index (χ3v) is 2.53. The van der Waals surface area contributed by atoms with Crippen LogP contribution in [0.5, 0.6) is 0 Å². The summed E-state index contributed by atoms with van der Waals surface area (Å²) in [7, 11) is 0. The highest BCUT2D eigenvalue weighted by Gasteiger charge is 2.39. The fourth-order valence-corrected chi connectivity index (χ4v) is 1.79.